The highest BCUT2D eigenvalue weighted by Crippen LogP contribution is 2.18. The molecule has 1 aliphatic heterocycles. The molecule has 62 valence electrons. The zero-order chi connectivity index (χ0) is 8.39. The lowest BCUT2D eigenvalue weighted by Crippen LogP contribution is -2.21. The van der Waals surface area contributed by atoms with Gasteiger partial charge in [-0.3, -0.25) is 4.79 Å². The lowest BCUT2D eigenvalue weighted by atomic mass is 10.2. The topological polar surface area (TPSA) is 47.6 Å². The van der Waals surface area contributed by atoms with Gasteiger partial charge in [0.15, 0.2) is 0 Å². The Kier molecular flexibility index (Phi) is 1.68. The highest BCUT2D eigenvalue weighted by Gasteiger charge is 2.14. The molecule has 0 radical (unpaired) electrons. The zero-order valence-electron chi connectivity index (χ0n) is 6.24. The van der Waals surface area contributed by atoms with Crippen LogP contribution in [0.25, 0.3) is 0 Å². The Morgan fingerprint density at radius 3 is 3.08 bits per heavy atom. The molecule has 0 aromatic heterocycles. The van der Waals surface area contributed by atoms with Crippen LogP contribution in [0.5, 0.6) is 5.75 Å². The molecule has 0 aliphatic carbocycles. The van der Waals surface area contributed by atoms with E-state index in [1.165, 1.54) is 0 Å². The number of hydrogen-bond acceptors (Lipinski definition) is 3. The summed E-state index contributed by atoms with van der Waals surface area (Å²) in [5.74, 6) is 0.274. The second-order valence-electron chi connectivity index (χ2n) is 2.33. The first-order valence-electron chi connectivity index (χ1n) is 3.52. The van der Waals surface area contributed by atoms with Crippen molar-refractivity contribution in [3.05, 3.63) is 29.8 Å². The summed E-state index contributed by atoms with van der Waals surface area (Å²) >= 11 is 0. The quantitative estimate of drug-likeness (QED) is 0.615. The van der Waals surface area contributed by atoms with Gasteiger partial charge in [0.1, 0.15) is 5.75 Å². The van der Waals surface area contributed by atoms with Crippen LogP contribution in [0, 0.1) is 0 Å². The molecule has 0 spiro atoms. The lowest BCUT2D eigenvalue weighted by molar-refractivity contribution is -0.0297. The molecule has 0 atom stereocenters. The fourth-order valence-corrected chi connectivity index (χ4v) is 1.02. The number of carbonyl (C=O) groups excluding carboxylic acids is 1. The van der Waals surface area contributed by atoms with E-state index in [1.54, 1.807) is 24.3 Å². The van der Waals surface area contributed by atoms with Crippen LogP contribution in [0.15, 0.2) is 24.3 Å². The fourth-order valence-electron chi connectivity index (χ4n) is 1.02. The molecule has 2 rings (SSSR count). The summed E-state index contributed by atoms with van der Waals surface area (Å²) < 4.78 is 5.11. The molecule has 12 heavy (non-hydrogen) atoms. The Labute approximate surface area is 69.0 Å². The van der Waals surface area contributed by atoms with E-state index in [0.29, 0.717) is 11.3 Å². The number of para-hydroxylation sites is 1. The first-order chi connectivity index (χ1) is 5.88. The number of carbonyl (C=O) groups is 1. The molecule has 0 saturated carbocycles. The zero-order valence-corrected chi connectivity index (χ0v) is 6.24. The van der Waals surface area contributed by atoms with Crippen molar-refractivity contribution in [2.45, 2.75) is 0 Å². The number of amides is 1. The third kappa shape index (κ3) is 1.12. The summed E-state index contributed by atoms with van der Waals surface area (Å²) in [6, 6.07) is 6.98. The summed E-state index contributed by atoms with van der Waals surface area (Å²) in [5.41, 5.74) is 2.73. The van der Waals surface area contributed by atoms with Gasteiger partial charge in [0.25, 0.3) is 5.91 Å². The predicted molar refractivity (Wildman–Crippen MR) is 40.5 cm³/mol. The van der Waals surface area contributed by atoms with Crippen LogP contribution in [0.4, 0.5) is 0 Å². The van der Waals surface area contributed by atoms with Crippen molar-refractivity contribution < 1.29 is 14.4 Å². The minimum absolute atomic E-state index is 0.0444. The van der Waals surface area contributed by atoms with Crippen LogP contribution in [-0.4, -0.2) is 12.7 Å². The Balaban J connectivity index is 2.46. The summed E-state index contributed by atoms with van der Waals surface area (Å²) in [5, 5.41) is 0. The van der Waals surface area contributed by atoms with Crippen molar-refractivity contribution >= 4 is 5.91 Å². The normalized spacial score (nSPS) is 15.5. The minimum Gasteiger partial charge on any atom is -0.464 e. The van der Waals surface area contributed by atoms with Crippen molar-refractivity contribution in [2.24, 2.45) is 0 Å². The maximum atomic E-state index is 11.2. The Morgan fingerprint density at radius 1 is 1.33 bits per heavy atom. The second kappa shape index (κ2) is 2.83. The van der Waals surface area contributed by atoms with E-state index >= 15 is 0 Å². The molecule has 0 fully saturated rings. The van der Waals surface area contributed by atoms with E-state index < -0.39 is 0 Å². The van der Waals surface area contributed by atoms with E-state index in [-0.39, 0.29) is 12.7 Å². The van der Waals surface area contributed by atoms with Gasteiger partial charge in [0, 0.05) is 0 Å². The van der Waals surface area contributed by atoms with Gasteiger partial charge in [-0.2, -0.15) is 0 Å². The highest BCUT2D eigenvalue weighted by atomic mass is 16.8. The predicted octanol–water partition coefficient (Wildman–Crippen LogP) is 0.698. The monoisotopic (exact) mass is 165 g/mol. The summed E-state index contributed by atoms with van der Waals surface area (Å²) in [4.78, 5) is 15.9. The van der Waals surface area contributed by atoms with Crippen molar-refractivity contribution in [1.82, 2.24) is 5.48 Å². The molecule has 4 nitrogen and oxygen atoms in total. The molecule has 1 amide bonds. The smallest absolute Gasteiger partial charge is 0.278 e. The van der Waals surface area contributed by atoms with Crippen molar-refractivity contribution in [3.63, 3.8) is 0 Å². The van der Waals surface area contributed by atoms with Gasteiger partial charge in [0.2, 0.25) is 6.79 Å². The van der Waals surface area contributed by atoms with Gasteiger partial charge in [-0.25, -0.2) is 10.3 Å². The SMILES string of the molecule is O=C1NOCOc2ccccc21. The molecule has 1 N–H and O–H groups in total. The summed E-state index contributed by atoms with van der Waals surface area (Å²) in [7, 11) is 0. The maximum Gasteiger partial charge on any atom is 0.278 e. The Bertz CT molecular complexity index is 311. The van der Waals surface area contributed by atoms with Crippen LogP contribution >= 0.6 is 0 Å². The molecular weight excluding hydrogens is 158 g/mol. The van der Waals surface area contributed by atoms with Gasteiger partial charge >= 0.3 is 0 Å². The van der Waals surface area contributed by atoms with Gasteiger partial charge in [0.05, 0.1) is 5.56 Å². The minimum atomic E-state index is -0.275. The molecule has 0 bridgehead atoms. The average Bonchev–Trinajstić information content (AvgIpc) is 2.29. The van der Waals surface area contributed by atoms with Gasteiger partial charge in [-0.05, 0) is 12.1 Å². The van der Waals surface area contributed by atoms with Gasteiger partial charge < -0.3 is 4.74 Å². The molecule has 0 saturated heterocycles. The molecule has 1 heterocycles. The second-order valence-corrected chi connectivity index (χ2v) is 2.33. The summed E-state index contributed by atoms with van der Waals surface area (Å²) in [6.07, 6.45) is 0. The molecular formula is C8H7NO3. The third-order valence-electron chi connectivity index (χ3n) is 1.57. The number of benzene rings is 1. The molecule has 0 unspecified atom stereocenters. The fraction of sp³-hybridized carbons (Fsp3) is 0.125. The molecule has 4 heteroatoms. The highest BCUT2D eigenvalue weighted by molar-refractivity contribution is 5.96. The largest absolute Gasteiger partial charge is 0.464 e. The Hall–Kier alpha value is -1.55. The summed E-state index contributed by atoms with van der Waals surface area (Å²) in [6.45, 7) is 0.0444. The van der Waals surface area contributed by atoms with Gasteiger partial charge in [-0.15, -0.1) is 0 Å². The van der Waals surface area contributed by atoms with Crippen LogP contribution < -0.4 is 10.2 Å². The van der Waals surface area contributed by atoms with Crippen molar-refractivity contribution in [3.8, 4) is 5.75 Å². The van der Waals surface area contributed by atoms with Crippen LogP contribution in [0.1, 0.15) is 10.4 Å². The van der Waals surface area contributed by atoms with Crippen LogP contribution in [-0.2, 0) is 4.84 Å². The molecule has 1 aliphatic rings. The van der Waals surface area contributed by atoms with Crippen molar-refractivity contribution in [2.75, 3.05) is 6.79 Å². The van der Waals surface area contributed by atoms with Crippen LogP contribution in [0.3, 0.4) is 0 Å². The third-order valence-corrected chi connectivity index (χ3v) is 1.57. The average molecular weight is 165 g/mol. The molecule has 1 aromatic rings. The first kappa shape index (κ1) is 7.12. The maximum absolute atomic E-state index is 11.2. The lowest BCUT2D eigenvalue weighted by Gasteiger charge is -2.01. The number of rotatable bonds is 0. The first-order valence-corrected chi connectivity index (χ1v) is 3.52. The number of fused-ring (bicyclic) bond motifs is 1. The number of hydrogen-bond donors (Lipinski definition) is 1. The van der Waals surface area contributed by atoms with E-state index in [9.17, 15) is 4.79 Å². The van der Waals surface area contributed by atoms with E-state index in [1.807, 2.05) is 0 Å². The molecule has 1 aromatic carbocycles. The van der Waals surface area contributed by atoms with Gasteiger partial charge in [-0.1, -0.05) is 12.1 Å². The van der Waals surface area contributed by atoms with E-state index in [4.69, 9.17) is 4.74 Å². The standard InChI is InChI=1S/C8H7NO3/c10-8-6-3-1-2-4-7(6)11-5-12-9-8/h1-4H,5H2,(H,9,10). The van der Waals surface area contributed by atoms with E-state index in [2.05, 4.69) is 10.3 Å². The van der Waals surface area contributed by atoms with Crippen LogP contribution in [0.2, 0.25) is 0 Å². The Morgan fingerprint density at radius 2 is 2.17 bits per heavy atom. The number of nitrogens with one attached hydrogen (secondary N) is 1. The van der Waals surface area contributed by atoms with Crippen molar-refractivity contribution in [1.29, 1.82) is 0 Å². The number of ether oxygens (including phenoxy) is 1. The number of hydroxylamine groups is 1. The van der Waals surface area contributed by atoms with E-state index in [0.717, 1.165) is 0 Å².